The van der Waals surface area contributed by atoms with E-state index in [9.17, 15) is 9.59 Å². The number of benzene rings is 1. The summed E-state index contributed by atoms with van der Waals surface area (Å²) >= 11 is 0. The number of rotatable bonds is 3. The Kier molecular flexibility index (Phi) is 3.46. The molecule has 5 heteroatoms. The Morgan fingerprint density at radius 1 is 1.37 bits per heavy atom. The number of aromatic nitrogens is 2. The Labute approximate surface area is 110 Å². The number of nitrogens with one attached hydrogen (secondary N) is 1. The highest BCUT2D eigenvalue weighted by molar-refractivity contribution is 5.70. The van der Waals surface area contributed by atoms with Crippen LogP contribution in [0.3, 0.4) is 0 Å². The second kappa shape index (κ2) is 5.06. The monoisotopic (exact) mass is 258 g/mol. The van der Waals surface area contributed by atoms with Crippen LogP contribution in [0.4, 0.5) is 0 Å². The van der Waals surface area contributed by atoms with Gasteiger partial charge in [0.05, 0.1) is 6.42 Å². The average Bonchev–Trinajstić information content (AvgIpc) is 2.33. The number of aryl methyl sites for hydroxylation is 2. The smallest absolute Gasteiger partial charge is 0.308 e. The number of carbonyl (C=O) groups is 1. The summed E-state index contributed by atoms with van der Waals surface area (Å²) in [4.78, 5) is 29.5. The van der Waals surface area contributed by atoms with Crippen molar-refractivity contribution in [3.8, 4) is 11.4 Å². The third-order valence-electron chi connectivity index (χ3n) is 2.84. The molecular weight excluding hydrogens is 244 g/mol. The molecule has 0 aliphatic carbocycles. The molecule has 2 N–H and O–H groups in total. The van der Waals surface area contributed by atoms with Crippen molar-refractivity contribution < 1.29 is 9.90 Å². The third-order valence-corrected chi connectivity index (χ3v) is 2.84. The quantitative estimate of drug-likeness (QED) is 0.877. The number of carboxylic acids is 1. The molecule has 2 rings (SSSR count). The lowest BCUT2D eigenvalue weighted by Crippen LogP contribution is -2.20. The van der Waals surface area contributed by atoms with Gasteiger partial charge < -0.3 is 10.1 Å². The molecule has 2 aromatic rings. The summed E-state index contributed by atoms with van der Waals surface area (Å²) in [6, 6.07) is 7.59. The number of aromatic amines is 1. The van der Waals surface area contributed by atoms with Gasteiger partial charge in [0.15, 0.2) is 0 Å². The second-order valence-corrected chi connectivity index (χ2v) is 4.42. The number of hydrogen-bond acceptors (Lipinski definition) is 3. The molecule has 0 bridgehead atoms. The first-order chi connectivity index (χ1) is 8.97. The van der Waals surface area contributed by atoms with E-state index < -0.39 is 11.5 Å². The largest absolute Gasteiger partial charge is 0.481 e. The van der Waals surface area contributed by atoms with Crippen molar-refractivity contribution in [2.24, 2.45) is 0 Å². The van der Waals surface area contributed by atoms with Gasteiger partial charge in [-0.2, -0.15) is 0 Å². The molecule has 1 aromatic heterocycles. The van der Waals surface area contributed by atoms with Crippen molar-refractivity contribution in [3.63, 3.8) is 0 Å². The van der Waals surface area contributed by atoms with Gasteiger partial charge >= 0.3 is 5.97 Å². The van der Waals surface area contributed by atoms with E-state index >= 15 is 0 Å². The zero-order valence-corrected chi connectivity index (χ0v) is 10.7. The standard InChI is InChI=1S/C14H14N2O3/c1-8-4-3-5-10(6-8)13-15-9(2)11(7-12(17)18)14(19)16-13/h3-6H,7H2,1-2H3,(H,17,18)(H,15,16,19). The maximum absolute atomic E-state index is 11.9. The molecule has 0 saturated heterocycles. The molecule has 0 atom stereocenters. The van der Waals surface area contributed by atoms with E-state index in [0.29, 0.717) is 11.5 Å². The molecule has 5 nitrogen and oxygen atoms in total. The molecule has 1 heterocycles. The average molecular weight is 258 g/mol. The van der Waals surface area contributed by atoms with Gasteiger partial charge in [0.25, 0.3) is 5.56 Å². The molecule has 98 valence electrons. The number of carboxylic acid groups (broad SMARTS) is 1. The number of nitrogens with zero attached hydrogens (tertiary/aromatic N) is 1. The van der Waals surface area contributed by atoms with Gasteiger partial charge in [-0.15, -0.1) is 0 Å². The van der Waals surface area contributed by atoms with Crippen LogP contribution >= 0.6 is 0 Å². The van der Waals surface area contributed by atoms with E-state index in [0.717, 1.165) is 11.1 Å². The molecule has 0 aliphatic rings. The fraction of sp³-hybridized carbons (Fsp3) is 0.214. The normalized spacial score (nSPS) is 10.4. The van der Waals surface area contributed by atoms with E-state index in [1.54, 1.807) is 6.92 Å². The summed E-state index contributed by atoms with van der Waals surface area (Å²) in [5.41, 5.74) is 2.12. The Morgan fingerprint density at radius 3 is 2.68 bits per heavy atom. The Bertz CT molecular complexity index is 689. The van der Waals surface area contributed by atoms with Crippen molar-refractivity contribution in [3.05, 3.63) is 51.4 Å². The van der Waals surface area contributed by atoms with E-state index in [4.69, 9.17) is 5.11 Å². The van der Waals surface area contributed by atoms with Gasteiger partial charge in [0, 0.05) is 16.8 Å². The van der Waals surface area contributed by atoms with E-state index in [1.807, 2.05) is 31.2 Å². The Balaban J connectivity index is 2.51. The van der Waals surface area contributed by atoms with Gasteiger partial charge in [-0.25, -0.2) is 4.98 Å². The van der Waals surface area contributed by atoms with E-state index in [1.165, 1.54) is 0 Å². The van der Waals surface area contributed by atoms with Gasteiger partial charge in [-0.3, -0.25) is 9.59 Å². The van der Waals surface area contributed by atoms with Crippen molar-refractivity contribution in [2.75, 3.05) is 0 Å². The molecule has 0 fully saturated rings. The van der Waals surface area contributed by atoms with Crippen molar-refractivity contribution in [2.45, 2.75) is 20.3 Å². The van der Waals surface area contributed by atoms with E-state index in [-0.39, 0.29) is 12.0 Å². The maximum Gasteiger partial charge on any atom is 0.308 e. The fourth-order valence-electron chi connectivity index (χ4n) is 1.90. The summed E-state index contributed by atoms with van der Waals surface area (Å²) in [5, 5.41) is 8.76. The van der Waals surface area contributed by atoms with Crippen molar-refractivity contribution >= 4 is 5.97 Å². The Morgan fingerprint density at radius 2 is 2.11 bits per heavy atom. The summed E-state index contributed by atoms with van der Waals surface area (Å²) in [7, 11) is 0. The van der Waals surface area contributed by atoms with Gasteiger partial charge in [-0.05, 0) is 19.9 Å². The molecular formula is C14H14N2O3. The molecule has 0 aliphatic heterocycles. The van der Waals surface area contributed by atoms with Crippen molar-refractivity contribution in [1.29, 1.82) is 0 Å². The highest BCUT2D eigenvalue weighted by Crippen LogP contribution is 2.16. The van der Waals surface area contributed by atoms with Crippen LogP contribution in [0.25, 0.3) is 11.4 Å². The predicted octanol–water partition coefficient (Wildman–Crippen LogP) is 1.68. The topological polar surface area (TPSA) is 83.0 Å². The summed E-state index contributed by atoms with van der Waals surface area (Å²) in [5.74, 6) is -0.584. The van der Waals surface area contributed by atoms with Crippen LogP contribution in [0.5, 0.6) is 0 Å². The molecule has 1 aromatic carbocycles. The first-order valence-electron chi connectivity index (χ1n) is 5.86. The predicted molar refractivity (Wildman–Crippen MR) is 71.1 cm³/mol. The van der Waals surface area contributed by atoms with Crippen molar-refractivity contribution in [1.82, 2.24) is 9.97 Å². The van der Waals surface area contributed by atoms with Crippen LogP contribution in [-0.2, 0) is 11.2 Å². The molecule has 19 heavy (non-hydrogen) atoms. The lowest BCUT2D eigenvalue weighted by atomic mass is 10.1. The lowest BCUT2D eigenvalue weighted by molar-refractivity contribution is -0.136. The first-order valence-corrected chi connectivity index (χ1v) is 5.86. The molecule has 0 unspecified atom stereocenters. The minimum atomic E-state index is -1.04. The fourth-order valence-corrected chi connectivity index (χ4v) is 1.90. The van der Waals surface area contributed by atoms with Gasteiger partial charge in [0.1, 0.15) is 5.82 Å². The third kappa shape index (κ3) is 2.88. The maximum atomic E-state index is 11.9. The molecule has 0 radical (unpaired) electrons. The van der Waals surface area contributed by atoms with Crippen LogP contribution in [-0.4, -0.2) is 21.0 Å². The minimum Gasteiger partial charge on any atom is -0.481 e. The lowest BCUT2D eigenvalue weighted by Gasteiger charge is -2.06. The van der Waals surface area contributed by atoms with Crippen LogP contribution in [0.2, 0.25) is 0 Å². The van der Waals surface area contributed by atoms with Crippen LogP contribution < -0.4 is 5.56 Å². The zero-order valence-electron chi connectivity index (χ0n) is 10.7. The van der Waals surface area contributed by atoms with Gasteiger partial charge in [-0.1, -0.05) is 23.8 Å². The van der Waals surface area contributed by atoms with E-state index in [2.05, 4.69) is 9.97 Å². The van der Waals surface area contributed by atoms with Crippen LogP contribution in [0.1, 0.15) is 16.8 Å². The molecule has 0 amide bonds. The first kappa shape index (κ1) is 13.0. The summed E-state index contributed by atoms with van der Waals surface area (Å²) < 4.78 is 0. The van der Waals surface area contributed by atoms with Crippen LogP contribution in [0, 0.1) is 13.8 Å². The van der Waals surface area contributed by atoms with Crippen LogP contribution in [0.15, 0.2) is 29.1 Å². The highest BCUT2D eigenvalue weighted by atomic mass is 16.4. The molecule has 0 spiro atoms. The number of hydrogen-bond donors (Lipinski definition) is 2. The zero-order chi connectivity index (χ0) is 14.0. The summed E-state index contributed by atoms with van der Waals surface area (Å²) in [6.45, 7) is 3.60. The summed E-state index contributed by atoms with van der Waals surface area (Å²) in [6.07, 6.45) is -0.317. The van der Waals surface area contributed by atoms with Gasteiger partial charge in [0.2, 0.25) is 0 Å². The number of aliphatic carboxylic acids is 1. The molecule has 0 saturated carbocycles. The number of H-pyrrole nitrogens is 1. The second-order valence-electron chi connectivity index (χ2n) is 4.42. The SMILES string of the molecule is Cc1cccc(-c2nc(C)c(CC(=O)O)c(=O)[nH]2)c1. The Hall–Kier alpha value is -2.43. The minimum absolute atomic E-state index is 0.198. The highest BCUT2D eigenvalue weighted by Gasteiger charge is 2.12.